The van der Waals surface area contributed by atoms with Crippen LogP contribution >= 0.6 is 11.6 Å². The first-order chi connectivity index (χ1) is 20.9. The fourth-order valence-corrected chi connectivity index (χ4v) is 4.85. The summed E-state index contributed by atoms with van der Waals surface area (Å²) in [7, 11) is 0. The van der Waals surface area contributed by atoms with Crippen molar-refractivity contribution < 1.29 is 19.1 Å². The summed E-state index contributed by atoms with van der Waals surface area (Å²) in [6.45, 7) is 1.69. The van der Waals surface area contributed by atoms with E-state index in [4.69, 9.17) is 16.7 Å². The molecule has 0 bridgehead atoms. The number of halogens is 2. The van der Waals surface area contributed by atoms with Crippen LogP contribution in [0.4, 0.5) is 33.2 Å². The Morgan fingerprint density at radius 1 is 0.907 bits per heavy atom. The molecule has 12 heteroatoms. The lowest BCUT2D eigenvalue weighted by Gasteiger charge is -2.31. The third-order valence-corrected chi connectivity index (χ3v) is 7.42. The Balaban J connectivity index is 1.16. The maximum atomic E-state index is 14.5. The van der Waals surface area contributed by atoms with Gasteiger partial charge in [0, 0.05) is 42.2 Å². The van der Waals surface area contributed by atoms with Crippen molar-refractivity contribution in [3.63, 3.8) is 0 Å². The van der Waals surface area contributed by atoms with Crippen LogP contribution in [0.15, 0.2) is 79.0 Å². The Morgan fingerprint density at radius 3 is 2.19 bits per heavy atom. The van der Waals surface area contributed by atoms with Crippen molar-refractivity contribution in [2.45, 2.75) is 19.3 Å². The number of nitrogens with zero attached hydrogens (tertiary/aromatic N) is 3. The fraction of sp³-hybridized carbons (Fsp3) is 0.226. The van der Waals surface area contributed by atoms with E-state index >= 15 is 0 Å². The van der Waals surface area contributed by atoms with E-state index in [1.807, 2.05) is 5.01 Å². The summed E-state index contributed by atoms with van der Waals surface area (Å²) in [4.78, 5) is 33.5. The molecule has 222 valence electrons. The predicted molar refractivity (Wildman–Crippen MR) is 164 cm³/mol. The van der Waals surface area contributed by atoms with Crippen LogP contribution < -0.4 is 21.4 Å². The summed E-state index contributed by atoms with van der Waals surface area (Å²) < 4.78 is 14.5. The summed E-state index contributed by atoms with van der Waals surface area (Å²) in [5.41, 5.74) is 5.47. The van der Waals surface area contributed by atoms with Gasteiger partial charge in [-0.3, -0.25) is 15.0 Å². The van der Waals surface area contributed by atoms with E-state index < -0.39 is 5.82 Å². The van der Waals surface area contributed by atoms with Gasteiger partial charge in [0.05, 0.1) is 16.9 Å². The normalized spacial score (nSPS) is 13.7. The number of hydrazine groups is 1. The van der Waals surface area contributed by atoms with Crippen molar-refractivity contribution >= 4 is 52.2 Å². The van der Waals surface area contributed by atoms with Crippen LogP contribution in [0.2, 0.25) is 5.02 Å². The summed E-state index contributed by atoms with van der Waals surface area (Å²) in [5, 5.41) is 20.1. The van der Waals surface area contributed by atoms with Crippen molar-refractivity contribution in [2.24, 2.45) is 5.92 Å². The van der Waals surface area contributed by atoms with Gasteiger partial charge in [-0.1, -0.05) is 23.7 Å². The first kappa shape index (κ1) is 29.9. The summed E-state index contributed by atoms with van der Waals surface area (Å²) in [6, 6.07) is 20.2. The number of hydrogen-bond donors (Lipinski definition) is 5. The summed E-state index contributed by atoms with van der Waals surface area (Å²) >= 11 is 6.11. The second-order valence-electron chi connectivity index (χ2n) is 10.1. The molecule has 5 N–H and O–H groups in total. The first-order valence-electron chi connectivity index (χ1n) is 13.9. The minimum atomic E-state index is -0.654. The number of para-hydroxylation sites is 1. The number of nitrogens with one attached hydrogen (secondary N) is 4. The molecule has 10 nitrogen and oxygen atoms in total. The number of carbonyl (C=O) groups is 2. The zero-order valence-corrected chi connectivity index (χ0v) is 23.9. The molecule has 0 atom stereocenters. The molecule has 1 fully saturated rings. The maximum Gasteiger partial charge on any atom is 0.265 e. The average Bonchev–Trinajstić information content (AvgIpc) is 3.02. The molecule has 0 radical (unpaired) electrons. The molecule has 1 saturated heterocycles. The lowest BCUT2D eigenvalue weighted by Crippen LogP contribution is -2.46. The highest BCUT2D eigenvalue weighted by Gasteiger charge is 2.20. The molecule has 5 rings (SSSR count). The molecule has 1 aliphatic rings. The van der Waals surface area contributed by atoms with Crippen LogP contribution in [0.25, 0.3) is 0 Å². The molecule has 0 aliphatic carbocycles. The Kier molecular flexibility index (Phi) is 9.77. The fourth-order valence-electron chi connectivity index (χ4n) is 4.67. The van der Waals surface area contributed by atoms with E-state index in [2.05, 4.69) is 31.3 Å². The van der Waals surface area contributed by atoms with Gasteiger partial charge in [-0.25, -0.2) is 14.4 Å². The van der Waals surface area contributed by atoms with Gasteiger partial charge in [-0.2, -0.15) is 4.98 Å². The second kappa shape index (κ2) is 14.1. The molecule has 43 heavy (non-hydrogen) atoms. The number of piperidine rings is 1. The zero-order valence-electron chi connectivity index (χ0n) is 23.2. The van der Waals surface area contributed by atoms with Crippen molar-refractivity contribution in [3.8, 4) is 0 Å². The molecular formula is C31H31ClFN7O3. The van der Waals surface area contributed by atoms with E-state index in [1.54, 1.807) is 72.8 Å². The Hall–Kier alpha value is -4.58. The van der Waals surface area contributed by atoms with E-state index in [0.717, 1.165) is 38.5 Å². The van der Waals surface area contributed by atoms with E-state index in [1.165, 1.54) is 0 Å². The van der Waals surface area contributed by atoms with Crippen LogP contribution in [0.5, 0.6) is 0 Å². The minimum Gasteiger partial charge on any atom is -0.396 e. The number of carbonyl (C=O) groups excluding carboxylic acids is 2. The van der Waals surface area contributed by atoms with Gasteiger partial charge in [0.2, 0.25) is 5.95 Å². The van der Waals surface area contributed by atoms with Gasteiger partial charge >= 0.3 is 0 Å². The average molecular weight is 604 g/mol. The highest BCUT2D eigenvalue weighted by atomic mass is 35.5. The van der Waals surface area contributed by atoms with E-state index in [0.29, 0.717) is 39.1 Å². The van der Waals surface area contributed by atoms with Crippen molar-refractivity contribution in [3.05, 3.63) is 101 Å². The number of benzene rings is 3. The van der Waals surface area contributed by atoms with Crippen LogP contribution in [0, 0.1) is 11.7 Å². The Morgan fingerprint density at radius 2 is 1.53 bits per heavy atom. The maximum absolute atomic E-state index is 14.5. The Bertz CT molecular complexity index is 1560. The number of hydrogen-bond acceptors (Lipinski definition) is 8. The molecule has 0 unspecified atom stereocenters. The van der Waals surface area contributed by atoms with E-state index in [-0.39, 0.29) is 30.2 Å². The number of aliphatic hydroxyl groups excluding tert-OH is 1. The van der Waals surface area contributed by atoms with Gasteiger partial charge in [-0.15, -0.1) is 0 Å². The van der Waals surface area contributed by atoms with Crippen LogP contribution in [0.1, 0.15) is 40.0 Å². The lowest BCUT2D eigenvalue weighted by atomic mass is 9.95. The van der Waals surface area contributed by atoms with Crippen molar-refractivity contribution in [1.82, 2.24) is 20.4 Å². The monoisotopic (exact) mass is 603 g/mol. The summed E-state index contributed by atoms with van der Waals surface area (Å²) in [5.74, 6) is -0.594. The van der Waals surface area contributed by atoms with Gasteiger partial charge < -0.3 is 21.1 Å². The van der Waals surface area contributed by atoms with Crippen molar-refractivity contribution in [2.75, 3.05) is 35.6 Å². The molecule has 1 aromatic heterocycles. The number of aliphatic hydroxyl groups is 1. The van der Waals surface area contributed by atoms with Gasteiger partial charge in [0.25, 0.3) is 11.8 Å². The molecule has 0 spiro atoms. The van der Waals surface area contributed by atoms with Gasteiger partial charge in [0.1, 0.15) is 0 Å². The quantitative estimate of drug-likeness (QED) is 0.155. The number of rotatable bonds is 10. The number of anilines is 5. The SMILES string of the molecule is O=C(Nc1ccccc1Cl)c1ccc(Nc2nc(Nc3ccc(C(=O)NN4CCC(CCO)CC4)cc3)ncc2F)cc1. The molecule has 0 saturated carbocycles. The molecule has 2 amide bonds. The predicted octanol–water partition coefficient (Wildman–Crippen LogP) is 5.75. The smallest absolute Gasteiger partial charge is 0.265 e. The van der Waals surface area contributed by atoms with E-state index in [9.17, 15) is 14.0 Å². The molecule has 1 aliphatic heterocycles. The third-order valence-electron chi connectivity index (χ3n) is 7.09. The second-order valence-corrected chi connectivity index (χ2v) is 10.5. The van der Waals surface area contributed by atoms with Gasteiger partial charge in [0.15, 0.2) is 11.6 Å². The topological polar surface area (TPSA) is 132 Å². The molecule has 3 aromatic carbocycles. The molecular weight excluding hydrogens is 573 g/mol. The van der Waals surface area contributed by atoms with Crippen LogP contribution in [-0.2, 0) is 0 Å². The van der Waals surface area contributed by atoms with Crippen LogP contribution in [0.3, 0.4) is 0 Å². The molecule has 4 aromatic rings. The minimum absolute atomic E-state index is 0.0514. The standard InChI is InChI=1S/C31H31ClFN7O3/c32-25-3-1-2-4-27(25)37-29(42)21-5-9-23(10-6-21)35-28-26(33)19-34-31(38-28)36-24-11-7-22(8-12-24)30(43)39-40-16-13-20(14-17-40)15-18-41/h1-12,19-20,41H,13-18H2,(H,37,42)(H,39,43)(H2,34,35,36,38). The summed E-state index contributed by atoms with van der Waals surface area (Å²) in [6.07, 6.45) is 3.72. The zero-order chi connectivity index (χ0) is 30.2. The first-order valence-corrected chi connectivity index (χ1v) is 14.2. The highest BCUT2D eigenvalue weighted by molar-refractivity contribution is 6.33. The van der Waals surface area contributed by atoms with Gasteiger partial charge in [-0.05, 0) is 85.8 Å². The lowest BCUT2D eigenvalue weighted by molar-refractivity contribution is 0.0681. The van der Waals surface area contributed by atoms with Crippen LogP contribution in [-0.4, -0.2) is 51.6 Å². The largest absolute Gasteiger partial charge is 0.396 e. The highest BCUT2D eigenvalue weighted by Crippen LogP contribution is 2.24. The third kappa shape index (κ3) is 8.04. The Labute approximate surface area is 253 Å². The molecule has 2 heterocycles. The number of amides is 2. The van der Waals surface area contributed by atoms with Crippen molar-refractivity contribution in [1.29, 1.82) is 0 Å². The number of aromatic nitrogens is 2.